The summed E-state index contributed by atoms with van der Waals surface area (Å²) in [6.45, 7) is -1.96. The number of carbonyl (C=O) groups excluding carboxylic acids is 1. The van der Waals surface area contributed by atoms with E-state index in [0.717, 1.165) is 6.42 Å². The number of alkyl halides is 6. The molecule has 0 spiro atoms. The Bertz CT molecular complexity index is 425. The summed E-state index contributed by atoms with van der Waals surface area (Å²) >= 11 is 0. The van der Waals surface area contributed by atoms with Gasteiger partial charge in [0.1, 0.15) is 0 Å². The lowest BCUT2D eigenvalue weighted by molar-refractivity contribution is -0.335. The van der Waals surface area contributed by atoms with Crippen LogP contribution in [0.4, 0.5) is 26.3 Å². The highest BCUT2D eigenvalue weighted by atomic mass is 19.4. The summed E-state index contributed by atoms with van der Waals surface area (Å²) in [5.74, 6) is -0.789. The molecule has 128 valence electrons. The fourth-order valence-electron chi connectivity index (χ4n) is 3.32. The van der Waals surface area contributed by atoms with Gasteiger partial charge in [-0.1, -0.05) is 19.3 Å². The van der Waals surface area contributed by atoms with Crippen LogP contribution in [-0.4, -0.2) is 41.8 Å². The van der Waals surface area contributed by atoms with Gasteiger partial charge in [-0.15, -0.1) is 0 Å². The monoisotopic (exact) mass is 332 g/mol. The Labute approximate surface area is 123 Å². The van der Waals surface area contributed by atoms with E-state index in [1.54, 1.807) is 0 Å². The van der Waals surface area contributed by atoms with Crippen LogP contribution in [0.5, 0.6) is 0 Å². The number of halogens is 6. The SMILES string of the molecule is NC1(C(=O)N2CCC(C(F)(F)F)(C(F)(F)F)C2)CCCCC1. The summed E-state index contributed by atoms with van der Waals surface area (Å²) in [6.07, 6.45) is -9.30. The van der Waals surface area contributed by atoms with Gasteiger partial charge < -0.3 is 10.6 Å². The van der Waals surface area contributed by atoms with Gasteiger partial charge in [-0.25, -0.2) is 0 Å². The molecule has 0 unspecified atom stereocenters. The number of hydrogen-bond acceptors (Lipinski definition) is 2. The Morgan fingerprint density at radius 3 is 1.82 bits per heavy atom. The van der Waals surface area contributed by atoms with Crippen molar-refractivity contribution < 1.29 is 31.1 Å². The van der Waals surface area contributed by atoms with Gasteiger partial charge in [0.15, 0.2) is 5.41 Å². The first kappa shape index (κ1) is 17.4. The highest BCUT2D eigenvalue weighted by molar-refractivity contribution is 5.86. The maximum atomic E-state index is 13.0. The van der Waals surface area contributed by atoms with E-state index in [0.29, 0.717) is 30.6 Å². The summed E-state index contributed by atoms with van der Waals surface area (Å²) in [6, 6.07) is 0. The van der Waals surface area contributed by atoms with Crippen LogP contribution in [0.2, 0.25) is 0 Å². The third-order valence-corrected chi connectivity index (χ3v) is 4.81. The number of carbonyl (C=O) groups is 1. The number of rotatable bonds is 1. The molecule has 1 amide bonds. The van der Waals surface area contributed by atoms with E-state index in [9.17, 15) is 31.1 Å². The molecule has 1 saturated heterocycles. The molecule has 2 N–H and O–H groups in total. The first-order valence-electron chi connectivity index (χ1n) is 7.15. The standard InChI is InChI=1S/C13H18F6N2O/c14-12(15,16)11(13(17,18)19)6-7-21(8-11)9(22)10(20)4-2-1-3-5-10/h1-8,20H2. The number of hydrogen-bond donors (Lipinski definition) is 1. The molecule has 0 bridgehead atoms. The lowest BCUT2D eigenvalue weighted by Gasteiger charge is -2.37. The van der Waals surface area contributed by atoms with Crippen molar-refractivity contribution in [3.05, 3.63) is 0 Å². The van der Waals surface area contributed by atoms with Crippen LogP contribution >= 0.6 is 0 Å². The molecule has 0 aromatic carbocycles. The summed E-state index contributed by atoms with van der Waals surface area (Å²) < 4.78 is 78.0. The molecule has 9 heteroatoms. The zero-order valence-corrected chi connectivity index (χ0v) is 11.9. The van der Waals surface area contributed by atoms with Gasteiger partial charge in [0.2, 0.25) is 5.91 Å². The zero-order valence-electron chi connectivity index (χ0n) is 11.9. The Morgan fingerprint density at radius 2 is 1.41 bits per heavy atom. The van der Waals surface area contributed by atoms with E-state index in [1.807, 2.05) is 0 Å². The van der Waals surface area contributed by atoms with Crippen molar-refractivity contribution in [1.29, 1.82) is 0 Å². The molecule has 2 aliphatic rings. The highest BCUT2D eigenvalue weighted by Gasteiger charge is 2.73. The van der Waals surface area contributed by atoms with Crippen molar-refractivity contribution in [2.45, 2.75) is 56.4 Å². The predicted octanol–water partition coefficient (Wildman–Crippen LogP) is 2.99. The number of likely N-dealkylation sites (tertiary alicyclic amines) is 1. The van der Waals surface area contributed by atoms with E-state index < -0.39 is 48.7 Å². The Hall–Kier alpha value is -0.990. The second kappa shape index (κ2) is 5.28. The average Bonchev–Trinajstić information content (AvgIpc) is 2.84. The van der Waals surface area contributed by atoms with Crippen LogP contribution in [0.1, 0.15) is 38.5 Å². The van der Waals surface area contributed by atoms with Crippen molar-refractivity contribution in [3.8, 4) is 0 Å². The Morgan fingerprint density at radius 1 is 0.909 bits per heavy atom. The molecular weight excluding hydrogens is 314 g/mol. The Balaban J connectivity index is 2.22. The van der Waals surface area contributed by atoms with Gasteiger partial charge in [-0.05, 0) is 19.3 Å². The molecule has 1 heterocycles. The largest absolute Gasteiger partial charge is 0.404 e. The molecule has 0 atom stereocenters. The minimum absolute atomic E-state index is 0.299. The van der Waals surface area contributed by atoms with E-state index in [-0.39, 0.29) is 0 Å². The minimum atomic E-state index is -5.45. The fourth-order valence-corrected chi connectivity index (χ4v) is 3.32. The van der Waals surface area contributed by atoms with E-state index in [1.165, 1.54) is 0 Å². The maximum Gasteiger partial charge on any atom is 0.404 e. The quantitative estimate of drug-likeness (QED) is 0.751. The summed E-state index contributed by atoms with van der Waals surface area (Å²) in [4.78, 5) is 13.0. The first-order chi connectivity index (χ1) is 9.93. The lowest BCUT2D eigenvalue weighted by atomic mass is 9.81. The van der Waals surface area contributed by atoms with Crippen LogP contribution < -0.4 is 5.73 Å². The molecule has 0 aromatic heterocycles. The van der Waals surface area contributed by atoms with Gasteiger partial charge >= 0.3 is 12.4 Å². The molecule has 2 fully saturated rings. The van der Waals surface area contributed by atoms with E-state index in [4.69, 9.17) is 5.73 Å². The van der Waals surface area contributed by atoms with Crippen molar-refractivity contribution in [2.75, 3.05) is 13.1 Å². The Kier molecular flexibility index (Phi) is 4.17. The van der Waals surface area contributed by atoms with E-state index in [2.05, 4.69) is 0 Å². The second-order valence-corrected chi connectivity index (χ2v) is 6.27. The molecule has 22 heavy (non-hydrogen) atoms. The third-order valence-electron chi connectivity index (χ3n) is 4.81. The summed E-state index contributed by atoms with van der Waals surface area (Å²) in [5, 5.41) is 0. The molecule has 1 aliphatic heterocycles. The normalized spacial score (nSPS) is 25.3. The van der Waals surface area contributed by atoms with Crippen LogP contribution in [0.15, 0.2) is 0 Å². The number of nitrogens with two attached hydrogens (primary N) is 1. The number of nitrogens with zero attached hydrogens (tertiary/aromatic N) is 1. The van der Waals surface area contributed by atoms with Crippen LogP contribution in [-0.2, 0) is 4.79 Å². The van der Waals surface area contributed by atoms with Crippen LogP contribution in [0.25, 0.3) is 0 Å². The first-order valence-corrected chi connectivity index (χ1v) is 7.15. The van der Waals surface area contributed by atoms with Gasteiger partial charge in [0.05, 0.1) is 5.54 Å². The van der Waals surface area contributed by atoms with Crippen LogP contribution in [0.3, 0.4) is 0 Å². The molecule has 3 nitrogen and oxygen atoms in total. The third kappa shape index (κ3) is 2.68. The van der Waals surface area contributed by atoms with Crippen molar-refractivity contribution in [1.82, 2.24) is 4.90 Å². The molecule has 0 radical (unpaired) electrons. The highest BCUT2D eigenvalue weighted by Crippen LogP contribution is 2.55. The minimum Gasteiger partial charge on any atom is -0.340 e. The summed E-state index contributed by atoms with van der Waals surface area (Å²) in [7, 11) is 0. The van der Waals surface area contributed by atoms with Gasteiger partial charge in [-0.2, -0.15) is 26.3 Å². The second-order valence-electron chi connectivity index (χ2n) is 6.27. The molecule has 1 aliphatic carbocycles. The molecule has 0 aromatic rings. The van der Waals surface area contributed by atoms with Crippen LogP contribution in [0, 0.1) is 5.41 Å². The van der Waals surface area contributed by atoms with Gasteiger partial charge in [0.25, 0.3) is 0 Å². The van der Waals surface area contributed by atoms with Gasteiger partial charge in [-0.3, -0.25) is 4.79 Å². The smallest absolute Gasteiger partial charge is 0.340 e. The molecular formula is C13H18F6N2O. The topological polar surface area (TPSA) is 46.3 Å². The predicted molar refractivity (Wildman–Crippen MR) is 65.7 cm³/mol. The van der Waals surface area contributed by atoms with E-state index >= 15 is 0 Å². The molecule has 2 rings (SSSR count). The average molecular weight is 332 g/mol. The lowest BCUT2D eigenvalue weighted by Crippen LogP contribution is -2.58. The van der Waals surface area contributed by atoms with Crippen molar-refractivity contribution >= 4 is 5.91 Å². The van der Waals surface area contributed by atoms with Crippen molar-refractivity contribution in [3.63, 3.8) is 0 Å². The molecule has 1 saturated carbocycles. The fraction of sp³-hybridized carbons (Fsp3) is 0.923. The summed E-state index contributed by atoms with van der Waals surface area (Å²) in [5.41, 5.74) is 0.761. The maximum absolute atomic E-state index is 13.0. The zero-order chi connectivity index (χ0) is 16.8. The number of amides is 1. The van der Waals surface area contributed by atoms with Crippen molar-refractivity contribution in [2.24, 2.45) is 11.1 Å². The van der Waals surface area contributed by atoms with Gasteiger partial charge in [0, 0.05) is 13.1 Å².